The van der Waals surface area contributed by atoms with E-state index in [2.05, 4.69) is 46.4 Å². The molecule has 0 saturated heterocycles. The van der Waals surface area contributed by atoms with E-state index in [1.165, 1.54) is 11.0 Å². The fraction of sp³-hybridized carbons (Fsp3) is 0. The molecule has 0 bridgehead atoms. The van der Waals surface area contributed by atoms with Gasteiger partial charge in [-0.3, -0.25) is 15.1 Å². The third-order valence-corrected chi connectivity index (χ3v) is 3.52. The zero-order valence-electron chi connectivity index (χ0n) is 14.9. The monoisotopic (exact) mass is 560 g/mol. The van der Waals surface area contributed by atoms with Crippen LogP contribution in [-0.4, -0.2) is 39.8 Å². The number of nitrogens with zero attached hydrogens (tertiary/aromatic N) is 9. The summed E-state index contributed by atoms with van der Waals surface area (Å²) in [7, 11) is 0. The normalized spacial score (nSPS) is 9.79. The molecular weight excluding hydrogens is 546 g/mol. The van der Waals surface area contributed by atoms with Gasteiger partial charge in [0.1, 0.15) is 12.7 Å². The van der Waals surface area contributed by atoms with E-state index in [9.17, 15) is 0 Å². The minimum Gasteiger partial charge on any atom is -0.454 e. The molecule has 0 aliphatic rings. The predicted octanol–water partition coefficient (Wildman–Crippen LogP) is 2.02. The fourth-order valence-corrected chi connectivity index (χ4v) is 2.24. The van der Waals surface area contributed by atoms with Crippen molar-refractivity contribution in [2.75, 3.05) is 0 Å². The molecule has 29 heavy (non-hydrogen) atoms. The van der Waals surface area contributed by atoms with Gasteiger partial charge in [0, 0.05) is 26.3 Å². The summed E-state index contributed by atoms with van der Waals surface area (Å²) in [6, 6.07) is 15.4. The second-order valence-electron chi connectivity index (χ2n) is 5.37. The van der Waals surface area contributed by atoms with Crippen LogP contribution in [0.1, 0.15) is 0 Å². The molecule has 0 fully saturated rings. The van der Waals surface area contributed by atoms with Crippen molar-refractivity contribution >= 4 is 0 Å². The van der Waals surface area contributed by atoms with E-state index in [-0.39, 0.29) is 20.1 Å². The summed E-state index contributed by atoms with van der Waals surface area (Å²) >= 11 is 0. The van der Waals surface area contributed by atoms with Crippen LogP contribution in [0, 0.1) is 6.20 Å². The van der Waals surface area contributed by atoms with E-state index in [0.717, 1.165) is 11.3 Å². The van der Waals surface area contributed by atoms with Gasteiger partial charge in [0.25, 0.3) is 0 Å². The van der Waals surface area contributed by atoms with E-state index in [1.54, 1.807) is 24.9 Å². The van der Waals surface area contributed by atoms with Crippen LogP contribution in [-0.2, 0) is 20.1 Å². The van der Waals surface area contributed by atoms with Crippen LogP contribution >= 0.6 is 0 Å². The summed E-state index contributed by atoms with van der Waals surface area (Å²) in [6.45, 7) is 0. The second kappa shape index (κ2) is 10.1. The summed E-state index contributed by atoms with van der Waals surface area (Å²) in [6.07, 6.45) is 10.5. The number of hydrogen-bond donors (Lipinski definition) is 0. The molecule has 5 aromatic rings. The summed E-state index contributed by atoms with van der Waals surface area (Å²) in [5, 5.41) is 12.0. The maximum absolute atomic E-state index is 4.37. The molecule has 1 aromatic carbocycles. The third kappa shape index (κ3) is 5.22. The maximum Gasteiger partial charge on any atom is 0.138 e. The molecule has 0 atom stereocenters. The van der Waals surface area contributed by atoms with Crippen LogP contribution in [0.15, 0.2) is 79.8 Å². The smallest absolute Gasteiger partial charge is 0.138 e. The number of rotatable bonds is 3. The molecule has 0 spiro atoms. The molecule has 10 heteroatoms. The topological polar surface area (TPSA) is 109 Å². The van der Waals surface area contributed by atoms with Gasteiger partial charge in [-0.15, -0.1) is 12.4 Å². The molecule has 9 nitrogen and oxygen atoms in total. The third-order valence-electron chi connectivity index (χ3n) is 3.52. The van der Waals surface area contributed by atoms with E-state index in [0.29, 0.717) is 17.5 Å². The summed E-state index contributed by atoms with van der Waals surface area (Å²) in [4.78, 5) is 20.0. The van der Waals surface area contributed by atoms with Crippen LogP contribution in [0.3, 0.4) is 0 Å². The Balaban J connectivity index is 0.000000174. The first-order valence-corrected chi connectivity index (χ1v) is 8.28. The van der Waals surface area contributed by atoms with E-state index >= 15 is 0 Å². The number of benzene rings is 1. The molecule has 0 saturated carbocycles. The van der Waals surface area contributed by atoms with Gasteiger partial charge in [-0.1, -0.05) is 36.4 Å². The molecule has 1 radical (unpaired) electrons. The number of aromatic nitrogens is 9. The second-order valence-corrected chi connectivity index (χ2v) is 5.37. The Bertz CT molecular complexity index is 1040. The molecule has 5 rings (SSSR count). The summed E-state index contributed by atoms with van der Waals surface area (Å²) < 4.78 is 1.49. The van der Waals surface area contributed by atoms with Gasteiger partial charge in [0.2, 0.25) is 0 Å². The van der Waals surface area contributed by atoms with E-state index in [4.69, 9.17) is 0 Å². The van der Waals surface area contributed by atoms with Gasteiger partial charge in [-0.25, -0.2) is 9.67 Å². The molecule has 0 unspecified atom stereocenters. The van der Waals surface area contributed by atoms with Gasteiger partial charge in [-0.05, 0) is 29.7 Å². The van der Waals surface area contributed by atoms with Crippen LogP contribution in [0.5, 0.6) is 0 Å². The molecular formula is C19H13IrN9-2. The average Bonchev–Trinajstić information content (AvgIpc) is 3.49. The van der Waals surface area contributed by atoms with Crippen molar-refractivity contribution in [1.29, 1.82) is 0 Å². The van der Waals surface area contributed by atoms with Crippen molar-refractivity contribution in [1.82, 2.24) is 44.9 Å². The predicted molar refractivity (Wildman–Crippen MR) is 99.8 cm³/mol. The van der Waals surface area contributed by atoms with Crippen molar-refractivity contribution in [3.63, 3.8) is 0 Å². The van der Waals surface area contributed by atoms with Gasteiger partial charge in [-0.2, -0.15) is 5.10 Å². The van der Waals surface area contributed by atoms with E-state index < -0.39 is 0 Å². The zero-order valence-corrected chi connectivity index (χ0v) is 17.3. The average molecular weight is 560 g/mol. The zero-order chi connectivity index (χ0) is 19.0. The minimum absolute atomic E-state index is 0. The molecule has 145 valence electrons. The summed E-state index contributed by atoms with van der Waals surface area (Å²) in [5.74, 6) is 1.74. The largest absolute Gasteiger partial charge is 0.454 e. The molecule has 4 heterocycles. The van der Waals surface area contributed by atoms with Gasteiger partial charge in [0.15, 0.2) is 0 Å². The Hall–Kier alpha value is -3.62. The minimum atomic E-state index is 0. The summed E-state index contributed by atoms with van der Waals surface area (Å²) in [5.41, 5.74) is 1.70. The van der Waals surface area contributed by atoms with Crippen LogP contribution in [0.4, 0.5) is 0 Å². The Morgan fingerprint density at radius 2 is 1.76 bits per heavy atom. The molecule has 0 aliphatic heterocycles. The maximum atomic E-state index is 4.37. The van der Waals surface area contributed by atoms with Crippen molar-refractivity contribution in [3.05, 3.63) is 86.0 Å². The molecule has 0 amide bonds. The molecule has 4 aromatic heterocycles. The van der Waals surface area contributed by atoms with Gasteiger partial charge >= 0.3 is 0 Å². The Morgan fingerprint density at radius 3 is 2.45 bits per heavy atom. The number of hydrogen-bond acceptors (Lipinski definition) is 7. The Labute approximate surface area is 179 Å². The fourth-order valence-electron chi connectivity index (χ4n) is 2.24. The SMILES string of the molecule is [Ir].[c-]1nccnc1-n1cncn1.c1ccc(-c2n[n-]c(-c3ccccn3)n2)cc1. The first kappa shape index (κ1) is 20.1. The molecule has 0 N–H and O–H groups in total. The van der Waals surface area contributed by atoms with Crippen LogP contribution in [0.25, 0.3) is 28.7 Å². The number of pyridine rings is 1. The van der Waals surface area contributed by atoms with Gasteiger partial charge < -0.3 is 15.1 Å². The Morgan fingerprint density at radius 1 is 0.897 bits per heavy atom. The first-order chi connectivity index (χ1) is 13.9. The standard InChI is InChI=1S/C13H9N4.C6H4N5.Ir/c1-2-6-10(7-3-1)12-15-13(17-16-12)11-8-4-5-9-14-11;1-2-9-6(3-7-1)11-5-8-4-10-11;/h1-9H;1-2,4-5H;/q2*-1;. The van der Waals surface area contributed by atoms with Crippen molar-refractivity contribution in [3.8, 4) is 28.7 Å². The quantitative estimate of drug-likeness (QED) is 0.309. The van der Waals surface area contributed by atoms with Crippen LogP contribution < -0.4 is 5.10 Å². The van der Waals surface area contributed by atoms with Gasteiger partial charge in [0.05, 0.1) is 17.3 Å². The van der Waals surface area contributed by atoms with Crippen molar-refractivity contribution in [2.24, 2.45) is 0 Å². The van der Waals surface area contributed by atoms with E-state index in [1.807, 2.05) is 48.5 Å². The molecule has 0 aliphatic carbocycles. The Kier molecular flexibility index (Phi) is 6.99. The first-order valence-electron chi connectivity index (χ1n) is 8.28. The van der Waals surface area contributed by atoms with Crippen LogP contribution in [0.2, 0.25) is 0 Å². The van der Waals surface area contributed by atoms with Crippen molar-refractivity contribution in [2.45, 2.75) is 0 Å². The van der Waals surface area contributed by atoms with Crippen molar-refractivity contribution < 1.29 is 20.1 Å².